The van der Waals surface area contributed by atoms with Crippen molar-refractivity contribution in [2.45, 2.75) is 6.92 Å². The highest BCUT2D eigenvalue weighted by molar-refractivity contribution is 6.33. The summed E-state index contributed by atoms with van der Waals surface area (Å²) in [7, 11) is 0. The van der Waals surface area contributed by atoms with Crippen LogP contribution in [0.25, 0.3) is 10.8 Å². The first-order valence-corrected chi connectivity index (χ1v) is 7.09. The molecule has 3 nitrogen and oxygen atoms in total. The van der Waals surface area contributed by atoms with Crippen molar-refractivity contribution in [3.05, 3.63) is 76.3 Å². The van der Waals surface area contributed by atoms with Crippen LogP contribution >= 0.6 is 0 Å². The second-order valence-corrected chi connectivity index (χ2v) is 5.64. The van der Waals surface area contributed by atoms with Crippen LogP contribution in [0.2, 0.25) is 0 Å². The predicted octanol–water partition coefficient (Wildman–Crippen LogP) is 3.51. The summed E-state index contributed by atoms with van der Waals surface area (Å²) < 4.78 is 0. The van der Waals surface area contributed by atoms with Gasteiger partial charge in [-0.1, -0.05) is 42.0 Å². The van der Waals surface area contributed by atoms with E-state index >= 15 is 0 Å². The molecule has 0 saturated carbocycles. The van der Waals surface area contributed by atoms with E-state index in [4.69, 9.17) is 5.73 Å². The van der Waals surface area contributed by atoms with Gasteiger partial charge in [-0.25, -0.2) is 0 Å². The summed E-state index contributed by atoms with van der Waals surface area (Å²) in [4.78, 5) is 25.6. The van der Waals surface area contributed by atoms with Gasteiger partial charge in [0.25, 0.3) is 0 Å². The van der Waals surface area contributed by atoms with Crippen molar-refractivity contribution in [2.75, 3.05) is 5.73 Å². The Morgan fingerprint density at radius 1 is 0.818 bits per heavy atom. The molecule has 1 aliphatic rings. The van der Waals surface area contributed by atoms with Crippen LogP contribution in [0.3, 0.4) is 0 Å². The number of hydrogen-bond acceptors (Lipinski definition) is 3. The highest BCUT2D eigenvalue weighted by atomic mass is 16.1. The van der Waals surface area contributed by atoms with Gasteiger partial charge in [0.1, 0.15) is 0 Å². The highest BCUT2D eigenvalue weighted by Crippen LogP contribution is 2.34. The van der Waals surface area contributed by atoms with Gasteiger partial charge in [0.2, 0.25) is 0 Å². The molecule has 22 heavy (non-hydrogen) atoms. The minimum Gasteiger partial charge on any atom is -0.398 e. The smallest absolute Gasteiger partial charge is 0.196 e. The summed E-state index contributed by atoms with van der Waals surface area (Å²) in [5.41, 5.74) is 9.02. The molecule has 0 fully saturated rings. The van der Waals surface area contributed by atoms with E-state index in [1.807, 2.05) is 31.2 Å². The van der Waals surface area contributed by atoms with Crippen LogP contribution in [0, 0.1) is 6.92 Å². The minimum absolute atomic E-state index is 0.133. The summed E-state index contributed by atoms with van der Waals surface area (Å²) >= 11 is 0. The molecule has 0 atom stereocenters. The molecule has 3 aromatic rings. The SMILES string of the molecule is Cc1ccc2c3c(ccc2c1)C(=O)c1c(N)cccc1C3=O. The van der Waals surface area contributed by atoms with Crippen molar-refractivity contribution in [1.82, 2.24) is 0 Å². The Labute approximate surface area is 127 Å². The van der Waals surface area contributed by atoms with Crippen LogP contribution in [-0.4, -0.2) is 11.6 Å². The van der Waals surface area contributed by atoms with Crippen LogP contribution in [0.1, 0.15) is 37.4 Å². The van der Waals surface area contributed by atoms with Gasteiger partial charge >= 0.3 is 0 Å². The van der Waals surface area contributed by atoms with Crippen LogP contribution in [0.5, 0.6) is 0 Å². The normalized spacial score (nSPS) is 13.1. The third-order valence-corrected chi connectivity index (χ3v) is 4.22. The molecule has 0 unspecified atom stereocenters. The average molecular weight is 287 g/mol. The molecule has 0 bridgehead atoms. The first-order chi connectivity index (χ1) is 10.6. The van der Waals surface area contributed by atoms with Crippen LogP contribution in [0.15, 0.2) is 48.5 Å². The number of fused-ring (bicyclic) bond motifs is 4. The van der Waals surface area contributed by atoms with E-state index in [1.54, 1.807) is 24.3 Å². The fourth-order valence-corrected chi connectivity index (χ4v) is 3.17. The van der Waals surface area contributed by atoms with Gasteiger partial charge in [-0.2, -0.15) is 0 Å². The Hall–Kier alpha value is -2.94. The maximum Gasteiger partial charge on any atom is 0.196 e. The lowest BCUT2D eigenvalue weighted by molar-refractivity contribution is 0.0981. The summed E-state index contributed by atoms with van der Waals surface area (Å²) in [6.07, 6.45) is 0. The number of carbonyl (C=O) groups excluding carboxylic acids is 2. The van der Waals surface area contributed by atoms with E-state index in [1.165, 1.54) is 0 Å². The Kier molecular flexibility index (Phi) is 2.48. The fraction of sp³-hybridized carbons (Fsp3) is 0.0526. The van der Waals surface area contributed by atoms with Gasteiger partial charge in [-0.3, -0.25) is 9.59 Å². The van der Waals surface area contributed by atoms with Gasteiger partial charge in [-0.15, -0.1) is 0 Å². The van der Waals surface area contributed by atoms with Crippen LogP contribution in [0.4, 0.5) is 5.69 Å². The Balaban J connectivity index is 2.11. The molecule has 0 amide bonds. The zero-order valence-electron chi connectivity index (χ0n) is 12.0. The number of nitrogen functional groups attached to an aromatic ring is 1. The molecule has 2 N–H and O–H groups in total. The third kappa shape index (κ3) is 1.56. The number of benzene rings is 3. The van der Waals surface area contributed by atoms with Crippen molar-refractivity contribution in [3.63, 3.8) is 0 Å². The van der Waals surface area contributed by atoms with E-state index in [2.05, 4.69) is 0 Å². The maximum atomic E-state index is 12.9. The minimum atomic E-state index is -0.176. The first kappa shape index (κ1) is 12.8. The molecular weight excluding hydrogens is 274 g/mol. The van der Waals surface area contributed by atoms with Crippen molar-refractivity contribution >= 4 is 28.0 Å². The Morgan fingerprint density at radius 2 is 1.55 bits per heavy atom. The zero-order valence-corrected chi connectivity index (χ0v) is 12.0. The topological polar surface area (TPSA) is 60.2 Å². The number of rotatable bonds is 0. The van der Waals surface area contributed by atoms with Crippen molar-refractivity contribution in [1.29, 1.82) is 0 Å². The van der Waals surface area contributed by atoms with Crippen molar-refractivity contribution < 1.29 is 9.59 Å². The molecule has 0 aromatic heterocycles. The first-order valence-electron chi connectivity index (χ1n) is 7.09. The quantitative estimate of drug-likeness (QED) is 0.503. The van der Waals surface area contributed by atoms with Gasteiger partial charge in [-0.05, 0) is 29.8 Å². The predicted molar refractivity (Wildman–Crippen MR) is 86.4 cm³/mol. The molecule has 1 aliphatic carbocycles. The largest absolute Gasteiger partial charge is 0.398 e. The lowest BCUT2D eigenvalue weighted by Gasteiger charge is -2.20. The number of ketones is 2. The monoisotopic (exact) mass is 287 g/mol. The molecule has 0 heterocycles. The molecule has 0 radical (unpaired) electrons. The summed E-state index contributed by atoms with van der Waals surface area (Å²) in [6, 6.07) is 14.5. The van der Waals surface area contributed by atoms with E-state index in [-0.39, 0.29) is 11.6 Å². The lowest BCUT2D eigenvalue weighted by Crippen LogP contribution is -2.22. The highest BCUT2D eigenvalue weighted by Gasteiger charge is 2.32. The standard InChI is InChI=1S/C19H13NO2/c1-10-5-7-12-11(9-10)6-8-14-16(12)18(21)13-3-2-4-15(20)17(13)19(14)22/h2-9H,20H2,1H3. The molecule has 4 rings (SSSR count). The molecular formula is C19H13NO2. The van der Waals surface area contributed by atoms with Gasteiger partial charge < -0.3 is 5.73 Å². The van der Waals surface area contributed by atoms with Crippen LogP contribution in [-0.2, 0) is 0 Å². The molecule has 0 aliphatic heterocycles. The molecule has 0 saturated heterocycles. The molecule has 3 heteroatoms. The molecule has 106 valence electrons. The van der Waals surface area contributed by atoms with Gasteiger partial charge in [0, 0.05) is 22.4 Å². The summed E-state index contributed by atoms with van der Waals surface area (Å²) in [5.74, 6) is -0.309. The number of aryl methyl sites for hydroxylation is 1. The van der Waals surface area contributed by atoms with E-state index < -0.39 is 0 Å². The van der Waals surface area contributed by atoms with Gasteiger partial charge in [0.05, 0.1) is 5.56 Å². The number of nitrogens with two attached hydrogens (primary N) is 1. The maximum absolute atomic E-state index is 12.9. The summed E-state index contributed by atoms with van der Waals surface area (Å²) in [5, 5.41) is 1.78. The van der Waals surface area contributed by atoms with Crippen molar-refractivity contribution in [3.8, 4) is 0 Å². The van der Waals surface area contributed by atoms with E-state index in [0.29, 0.717) is 27.9 Å². The Morgan fingerprint density at radius 3 is 2.36 bits per heavy atom. The summed E-state index contributed by atoms with van der Waals surface area (Å²) in [6.45, 7) is 2.00. The van der Waals surface area contributed by atoms with E-state index in [0.717, 1.165) is 16.3 Å². The second kappa shape index (κ2) is 4.28. The number of carbonyl (C=O) groups is 2. The number of anilines is 1. The zero-order chi connectivity index (χ0) is 15.4. The Bertz CT molecular complexity index is 986. The molecule has 0 spiro atoms. The fourth-order valence-electron chi connectivity index (χ4n) is 3.17. The van der Waals surface area contributed by atoms with Gasteiger partial charge in [0.15, 0.2) is 11.6 Å². The third-order valence-electron chi connectivity index (χ3n) is 4.22. The average Bonchev–Trinajstić information content (AvgIpc) is 2.51. The van der Waals surface area contributed by atoms with E-state index in [9.17, 15) is 9.59 Å². The molecule has 3 aromatic carbocycles. The number of hydrogen-bond donors (Lipinski definition) is 1. The van der Waals surface area contributed by atoms with Crippen molar-refractivity contribution in [2.24, 2.45) is 0 Å². The van der Waals surface area contributed by atoms with Crippen LogP contribution < -0.4 is 5.73 Å². The lowest BCUT2D eigenvalue weighted by atomic mass is 9.81. The second-order valence-electron chi connectivity index (χ2n) is 5.64.